The molecule has 0 saturated carbocycles. The molecule has 5 nitrogen and oxygen atoms in total. The van der Waals surface area contributed by atoms with Gasteiger partial charge in [-0.1, -0.05) is 57.9 Å². The molecular weight excluding hydrogens is 418 g/mol. The first kappa shape index (κ1) is 18.4. The van der Waals surface area contributed by atoms with Crippen molar-refractivity contribution in [3.05, 3.63) is 109 Å². The molecule has 0 atom stereocenters. The van der Waals surface area contributed by atoms with Crippen LogP contribution in [0.3, 0.4) is 0 Å². The Kier molecular flexibility index (Phi) is 4.96. The van der Waals surface area contributed by atoms with Crippen molar-refractivity contribution >= 4 is 27.0 Å². The predicted molar refractivity (Wildman–Crippen MR) is 114 cm³/mol. The SMILES string of the molecule is Cc1ccc(Cn2c(=O)c3ncccc3n(Cc3ccc(Br)cc3)c2=O)cc1. The number of rotatable bonds is 4. The Morgan fingerprint density at radius 3 is 2.14 bits per heavy atom. The van der Waals surface area contributed by atoms with Crippen LogP contribution in [-0.4, -0.2) is 14.1 Å². The third kappa shape index (κ3) is 3.55. The first-order valence-corrected chi connectivity index (χ1v) is 9.70. The van der Waals surface area contributed by atoms with Crippen molar-refractivity contribution in [2.75, 3.05) is 0 Å². The van der Waals surface area contributed by atoms with Gasteiger partial charge in [0.1, 0.15) is 0 Å². The van der Waals surface area contributed by atoms with Crippen molar-refractivity contribution in [2.24, 2.45) is 0 Å². The molecular formula is C22H18BrN3O2. The minimum atomic E-state index is -0.367. The number of hydrogen-bond donors (Lipinski definition) is 0. The largest absolute Gasteiger partial charge is 0.332 e. The summed E-state index contributed by atoms with van der Waals surface area (Å²) in [5.74, 6) is 0. The topological polar surface area (TPSA) is 56.9 Å². The summed E-state index contributed by atoms with van der Waals surface area (Å²) < 4.78 is 3.85. The van der Waals surface area contributed by atoms with Gasteiger partial charge in [0.25, 0.3) is 5.56 Å². The normalized spacial score (nSPS) is 11.1. The van der Waals surface area contributed by atoms with Crippen molar-refractivity contribution in [3.8, 4) is 0 Å². The summed E-state index contributed by atoms with van der Waals surface area (Å²) in [5, 5.41) is 0. The van der Waals surface area contributed by atoms with E-state index in [1.54, 1.807) is 22.9 Å². The molecule has 0 bridgehead atoms. The molecule has 0 fully saturated rings. The lowest BCUT2D eigenvalue weighted by Crippen LogP contribution is -2.40. The molecule has 0 spiro atoms. The Hall–Kier alpha value is -2.99. The maximum Gasteiger partial charge on any atom is 0.332 e. The Balaban J connectivity index is 1.88. The average Bonchev–Trinajstić information content (AvgIpc) is 2.71. The molecule has 2 aromatic carbocycles. The maximum atomic E-state index is 13.2. The summed E-state index contributed by atoms with van der Waals surface area (Å²) in [7, 11) is 0. The molecule has 0 amide bonds. The van der Waals surface area contributed by atoms with Gasteiger partial charge in [-0.2, -0.15) is 0 Å². The van der Waals surface area contributed by atoms with E-state index in [-0.39, 0.29) is 17.8 Å². The van der Waals surface area contributed by atoms with E-state index >= 15 is 0 Å². The fourth-order valence-corrected chi connectivity index (χ4v) is 3.45. The predicted octanol–water partition coefficient (Wildman–Crippen LogP) is 3.73. The second kappa shape index (κ2) is 7.56. The molecule has 0 aliphatic heterocycles. The number of benzene rings is 2. The van der Waals surface area contributed by atoms with E-state index in [4.69, 9.17) is 0 Å². The second-order valence-electron chi connectivity index (χ2n) is 6.74. The highest BCUT2D eigenvalue weighted by Gasteiger charge is 2.14. The molecule has 140 valence electrons. The van der Waals surface area contributed by atoms with Crippen LogP contribution in [0.2, 0.25) is 0 Å². The lowest BCUT2D eigenvalue weighted by atomic mass is 10.1. The molecule has 4 rings (SSSR count). The lowest BCUT2D eigenvalue weighted by molar-refractivity contribution is 0.633. The van der Waals surface area contributed by atoms with Gasteiger partial charge in [-0.3, -0.25) is 13.9 Å². The summed E-state index contributed by atoms with van der Waals surface area (Å²) in [6.45, 7) is 2.58. The molecule has 2 heterocycles. The lowest BCUT2D eigenvalue weighted by Gasteiger charge is -2.14. The van der Waals surface area contributed by atoms with Crippen LogP contribution < -0.4 is 11.2 Å². The molecule has 0 N–H and O–H groups in total. The summed E-state index contributed by atoms with van der Waals surface area (Å²) in [5.41, 5.74) is 3.13. The number of nitrogens with zero attached hydrogens (tertiary/aromatic N) is 3. The van der Waals surface area contributed by atoms with Gasteiger partial charge >= 0.3 is 5.69 Å². The molecule has 2 aromatic heterocycles. The Labute approximate surface area is 170 Å². The Morgan fingerprint density at radius 1 is 0.857 bits per heavy atom. The van der Waals surface area contributed by atoms with Crippen LogP contribution in [-0.2, 0) is 13.1 Å². The monoisotopic (exact) mass is 435 g/mol. The van der Waals surface area contributed by atoms with Gasteiger partial charge in [0, 0.05) is 10.7 Å². The standard InChI is InChI=1S/C22H18BrN3O2/c1-15-4-6-16(7-5-15)14-26-21(27)20-19(3-2-12-24-20)25(22(26)28)13-17-8-10-18(23)11-9-17/h2-12H,13-14H2,1H3. The number of pyridine rings is 1. The Bertz CT molecular complexity index is 1260. The number of hydrogen-bond acceptors (Lipinski definition) is 3. The minimum Gasteiger partial charge on any atom is -0.287 e. The van der Waals surface area contributed by atoms with Crippen molar-refractivity contribution < 1.29 is 0 Å². The third-order valence-electron chi connectivity index (χ3n) is 4.70. The van der Waals surface area contributed by atoms with Gasteiger partial charge in [-0.25, -0.2) is 9.78 Å². The zero-order chi connectivity index (χ0) is 19.7. The van der Waals surface area contributed by atoms with Crippen molar-refractivity contribution in [1.29, 1.82) is 0 Å². The molecule has 0 aliphatic carbocycles. The number of aromatic nitrogens is 3. The molecule has 0 aliphatic rings. The number of fused-ring (bicyclic) bond motifs is 1. The molecule has 6 heteroatoms. The summed E-state index contributed by atoms with van der Waals surface area (Å²) >= 11 is 3.42. The third-order valence-corrected chi connectivity index (χ3v) is 5.23. The van der Waals surface area contributed by atoms with E-state index < -0.39 is 0 Å². The zero-order valence-electron chi connectivity index (χ0n) is 15.3. The van der Waals surface area contributed by atoms with Gasteiger partial charge in [0.05, 0.1) is 18.6 Å². The summed E-state index contributed by atoms with van der Waals surface area (Å²) in [6, 6.07) is 19.1. The van der Waals surface area contributed by atoms with E-state index in [1.807, 2.05) is 55.5 Å². The fraction of sp³-hybridized carbons (Fsp3) is 0.136. The minimum absolute atomic E-state index is 0.213. The molecule has 0 saturated heterocycles. The average molecular weight is 436 g/mol. The fourth-order valence-electron chi connectivity index (χ4n) is 3.18. The highest BCUT2D eigenvalue weighted by Crippen LogP contribution is 2.13. The van der Waals surface area contributed by atoms with Crippen molar-refractivity contribution in [3.63, 3.8) is 0 Å². The first-order valence-electron chi connectivity index (χ1n) is 8.91. The molecule has 28 heavy (non-hydrogen) atoms. The van der Waals surface area contributed by atoms with Crippen molar-refractivity contribution in [1.82, 2.24) is 14.1 Å². The van der Waals surface area contributed by atoms with Crippen molar-refractivity contribution in [2.45, 2.75) is 20.0 Å². The highest BCUT2D eigenvalue weighted by atomic mass is 79.9. The second-order valence-corrected chi connectivity index (χ2v) is 7.66. The van der Waals surface area contributed by atoms with Gasteiger partial charge in [-0.15, -0.1) is 0 Å². The van der Waals surface area contributed by atoms with Crippen LogP contribution in [0.5, 0.6) is 0 Å². The van der Waals surface area contributed by atoms with E-state index in [9.17, 15) is 9.59 Å². The zero-order valence-corrected chi connectivity index (χ0v) is 16.9. The van der Waals surface area contributed by atoms with Crippen LogP contribution in [0, 0.1) is 6.92 Å². The van der Waals surface area contributed by atoms with Gasteiger partial charge < -0.3 is 0 Å². The van der Waals surface area contributed by atoms with Gasteiger partial charge in [0.15, 0.2) is 5.52 Å². The quantitative estimate of drug-likeness (QED) is 0.490. The Morgan fingerprint density at radius 2 is 1.46 bits per heavy atom. The van der Waals surface area contributed by atoms with Gasteiger partial charge in [-0.05, 0) is 42.3 Å². The van der Waals surface area contributed by atoms with E-state index in [0.717, 1.165) is 21.2 Å². The maximum absolute atomic E-state index is 13.2. The number of aryl methyl sites for hydroxylation is 1. The molecule has 4 aromatic rings. The highest BCUT2D eigenvalue weighted by molar-refractivity contribution is 9.10. The number of halogens is 1. The first-order chi connectivity index (χ1) is 13.5. The van der Waals surface area contributed by atoms with Crippen LogP contribution in [0.4, 0.5) is 0 Å². The van der Waals surface area contributed by atoms with E-state index in [1.165, 1.54) is 4.57 Å². The summed E-state index contributed by atoms with van der Waals surface area (Å²) in [4.78, 5) is 30.4. The molecule has 0 unspecified atom stereocenters. The molecule has 0 radical (unpaired) electrons. The van der Waals surface area contributed by atoms with Crippen LogP contribution in [0.25, 0.3) is 11.0 Å². The van der Waals surface area contributed by atoms with Crippen LogP contribution in [0.1, 0.15) is 16.7 Å². The van der Waals surface area contributed by atoms with Gasteiger partial charge in [0.2, 0.25) is 0 Å². The van der Waals surface area contributed by atoms with E-state index in [2.05, 4.69) is 20.9 Å². The smallest absolute Gasteiger partial charge is 0.287 e. The van der Waals surface area contributed by atoms with Crippen LogP contribution in [0.15, 0.2) is 80.9 Å². The summed E-state index contributed by atoms with van der Waals surface area (Å²) in [6.07, 6.45) is 1.58. The van der Waals surface area contributed by atoms with Crippen LogP contribution >= 0.6 is 15.9 Å². The van der Waals surface area contributed by atoms with E-state index in [0.29, 0.717) is 17.6 Å².